The van der Waals surface area contributed by atoms with Crippen LogP contribution in [0.1, 0.15) is 165 Å². The molecule has 3 heterocycles. The van der Waals surface area contributed by atoms with Crippen LogP contribution >= 0.6 is 0 Å². The van der Waals surface area contributed by atoms with Crippen LogP contribution in [0.5, 0.6) is 0 Å². The van der Waals surface area contributed by atoms with Crippen LogP contribution in [-0.2, 0) is 29.5 Å². The molecule has 3 saturated heterocycles. The Bertz CT molecular complexity index is 1300. The SMILES string of the molecule is O=C(O)CCCCCCCCCCCCCCCCCCC(=O)OC(C(=O)OC1CC2CCC(C1)[N+]21CCCC1)(c1ccccc1)c1ccccc1. The smallest absolute Gasteiger partial charge is 0.360 e. The van der Waals surface area contributed by atoms with Crippen LogP contribution in [0.15, 0.2) is 60.7 Å². The van der Waals surface area contributed by atoms with Gasteiger partial charge in [-0.1, -0.05) is 151 Å². The van der Waals surface area contributed by atoms with E-state index >= 15 is 0 Å². The third-order valence-electron chi connectivity index (χ3n) is 12.5. The predicted molar refractivity (Wildman–Crippen MR) is 206 cm³/mol. The Morgan fingerprint density at radius 2 is 1.00 bits per heavy atom. The second kappa shape index (κ2) is 20.9. The summed E-state index contributed by atoms with van der Waals surface area (Å²) in [7, 11) is 0. The molecule has 0 aromatic heterocycles. The van der Waals surface area contributed by atoms with E-state index in [1.54, 1.807) is 0 Å². The summed E-state index contributed by atoms with van der Waals surface area (Å²) in [4.78, 5) is 38.7. The molecule has 0 radical (unpaired) electrons. The third kappa shape index (κ3) is 10.9. The highest BCUT2D eigenvalue weighted by atomic mass is 16.6. The maximum absolute atomic E-state index is 14.5. The van der Waals surface area contributed by atoms with Gasteiger partial charge in [-0.25, -0.2) is 4.79 Å². The van der Waals surface area contributed by atoms with Gasteiger partial charge in [-0.05, 0) is 12.8 Å². The largest absolute Gasteiger partial charge is 0.481 e. The molecular weight excluding hydrogens is 650 g/mol. The number of carbonyl (C=O) groups excluding carboxylic acids is 2. The van der Waals surface area contributed by atoms with Crippen molar-refractivity contribution in [3.63, 3.8) is 0 Å². The van der Waals surface area contributed by atoms with Crippen molar-refractivity contribution >= 4 is 17.9 Å². The molecular formula is C45H66NO6+. The van der Waals surface area contributed by atoms with Crippen LogP contribution in [0, 0.1) is 0 Å². The molecule has 2 aromatic rings. The normalized spacial score (nSPS) is 20.6. The Balaban J connectivity index is 1.04. The van der Waals surface area contributed by atoms with Crippen molar-refractivity contribution in [3.8, 4) is 0 Å². The van der Waals surface area contributed by atoms with Crippen LogP contribution in [0.25, 0.3) is 0 Å². The highest BCUT2D eigenvalue weighted by Gasteiger charge is 2.57. The number of nitrogens with zero attached hydrogens (tertiary/aromatic N) is 1. The lowest BCUT2D eigenvalue weighted by molar-refractivity contribution is -0.956. The summed E-state index contributed by atoms with van der Waals surface area (Å²) in [5.74, 6) is -1.50. The third-order valence-corrected chi connectivity index (χ3v) is 12.5. The van der Waals surface area contributed by atoms with E-state index in [9.17, 15) is 14.4 Å². The lowest BCUT2D eigenvalue weighted by Gasteiger charge is -2.47. The highest BCUT2D eigenvalue weighted by Crippen LogP contribution is 2.47. The van der Waals surface area contributed by atoms with E-state index in [2.05, 4.69) is 0 Å². The van der Waals surface area contributed by atoms with Crippen LogP contribution < -0.4 is 0 Å². The van der Waals surface area contributed by atoms with Gasteiger partial charge in [0.2, 0.25) is 0 Å². The van der Waals surface area contributed by atoms with Gasteiger partial charge in [-0.2, -0.15) is 0 Å². The minimum absolute atomic E-state index is 0.154. The number of esters is 2. The van der Waals surface area contributed by atoms with E-state index < -0.39 is 17.5 Å². The molecule has 2 unspecified atom stereocenters. The molecule has 5 rings (SSSR count). The summed E-state index contributed by atoms with van der Waals surface area (Å²) < 4.78 is 14.1. The van der Waals surface area contributed by atoms with Gasteiger partial charge in [-0.15, -0.1) is 0 Å². The van der Waals surface area contributed by atoms with Gasteiger partial charge >= 0.3 is 17.9 Å². The summed E-state index contributed by atoms with van der Waals surface area (Å²) in [5, 5.41) is 8.70. The van der Waals surface area contributed by atoms with E-state index in [-0.39, 0.29) is 18.5 Å². The van der Waals surface area contributed by atoms with Crippen molar-refractivity contribution in [3.05, 3.63) is 71.8 Å². The number of aliphatic carboxylic acids is 1. The Morgan fingerprint density at radius 1 is 0.596 bits per heavy atom. The molecule has 52 heavy (non-hydrogen) atoms. The average molecular weight is 717 g/mol. The maximum Gasteiger partial charge on any atom is 0.360 e. The summed E-state index contributed by atoms with van der Waals surface area (Å²) >= 11 is 0. The standard InChI is InChI=1S/C45H65NO6/c47-42(48)29-21-13-11-9-7-5-3-1-2-4-6-8-10-12-14-22-30-43(49)52-45(37-25-17-15-18-26-37,38-27-19-16-20-28-38)44(50)51-41-35-39-31-32-40(36-41)46(39)33-23-24-34-46/h15-20,25-28,39-41H,1-14,21-24,29-36H2/p+1. The number of quaternary nitrogens is 1. The predicted octanol–water partition coefficient (Wildman–Crippen LogP) is 10.4. The number of carboxylic acids is 1. The Morgan fingerprint density at radius 3 is 1.42 bits per heavy atom. The molecule has 0 amide bonds. The number of piperidine rings is 1. The fourth-order valence-electron chi connectivity index (χ4n) is 9.69. The van der Waals surface area contributed by atoms with E-state index in [4.69, 9.17) is 14.6 Å². The molecule has 3 aliphatic rings. The number of hydrogen-bond donors (Lipinski definition) is 1. The molecule has 2 bridgehead atoms. The summed E-state index contributed by atoms with van der Waals surface area (Å²) in [6.07, 6.45) is 25.8. The number of carbonyl (C=O) groups is 3. The number of hydrogen-bond acceptors (Lipinski definition) is 5. The number of carboxylic acid groups (broad SMARTS) is 1. The second-order valence-electron chi connectivity index (χ2n) is 16.1. The second-order valence-corrected chi connectivity index (χ2v) is 16.1. The van der Waals surface area contributed by atoms with Crippen molar-refractivity contribution in [1.29, 1.82) is 0 Å². The molecule has 3 fully saturated rings. The first-order valence-electron chi connectivity index (χ1n) is 21.1. The van der Waals surface area contributed by atoms with E-state index in [1.165, 1.54) is 107 Å². The van der Waals surface area contributed by atoms with Gasteiger partial charge in [-0.3, -0.25) is 9.59 Å². The first-order chi connectivity index (χ1) is 25.4. The first kappa shape index (κ1) is 40.0. The molecule has 2 aromatic carbocycles. The molecule has 7 heteroatoms. The van der Waals surface area contributed by atoms with Gasteiger partial charge in [0.15, 0.2) is 0 Å². The van der Waals surface area contributed by atoms with Crippen LogP contribution in [0.4, 0.5) is 0 Å². The van der Waals surface area contributed by atoms with Gasteiger partial charge in [0.05, 0.1) is 25.2 Å². The molecule has 3 aliphatic heterocycles. The van der Waals surface area contributed by atoms with Crippen LogP contribution in [-0.4, -0.2) is 58.8 Å². The topological polar surface area (TPSA) is 89.9 Å². The van der Waals surface area contributed by atoms with E-state index in [1.807, 2.05) is 60.7 Å². The molecule has 1 N–H and O–H groups in total. The molecule has 0 saturated carbocycles. The van der Waals surface area contributed by atoms with Gasteiger partial charge in [0, 0.05) is 62.5 Å². The summed E-state index contributed by atoms with van der Waals surface area (Å²) in [5.41, 5.74) is -0.378. The number of ether oxygens (including phenoxy) is 2. The van der Waals surface area contributed by atoms with Crippen molar-refractivity contribution in [1.82, 2.24) is 0 Å². The lowest BCUT2D eigenvalue weighted by atomic mass is 9.85. The minimum Gasteiger partial charge on any atom is -0.481 e. The van der Waals surface area contributed by atoms with Crippen molar-refractivity contribution in [2.24, 2.45) is 0 Å². The fraction of sp³-hybridized carbons (Fsp3) is 0.667. The number of benzene rings is 2. The van der Waals surface area contributed by atoms with Crippen molar-refractivity contribution in [2.75, 3.05) is 13.1 Å². The average Bonchev–Trinajstić information content (AvgIpc) is 3.70. The van der Waals surface area contributed by atoms with Crippen molar-refractivity contribution < 1.29 is 33.4 Å². The highest BCUT2D eigenvalue weighted by molar-refractivity contribution is 5.89. The maximum atomic E-state index is 14.5. The zero-order valence-electron chi connectivity index (χ0n) is 31.8. The zero-order valence-corrected chi connectivity index (χ0v) is 31.8. The van der Waals surface area contributed by atoms with E-state index in [0.717, 1.165) is 51.4 Å². The van der Waals surface area contributed by atoms with Crippen LogP contribution in [0.3, 0.4) is 0 Å². The zero-order chi connectivity index (χ0) is 36.5. The lowest BCUT2D eigenvalue weighted by Crippen LogP contribution is -2.60. The molecule has 286 valence electrons. The Labute approximate surface area is 313 Å². The van der Waals surface area contributed by atoms with Crippen LogP contribution in [0.2, 0.25) is 0 Å². The number of rotatable bonds is 24. The van der Waals surface area contributed by atoms with Crippen molar-refractivity contribution in [2.45, 2.75) is 178 Å². The fourth-order valence-corrected chi connectivity index (χ4v) is 9.69. The number of unbranched alkanes of at least 4 members (excludes halogenated alkanes) is 15. The monoisotopic (exact) mass is 716 g/mol. The molecule has 0 aliphatic carbocycles. The summed E-state index contributed by atoms with van der Waals surface area (Å²) in [6.45, 7) is 2.54. The molecule has 1 spiro atoms. The molecule has 7 nitrogen and oxygen atoms in total. The van der Waals surface area contributed by atoms with Gasteiger partial charge < -0.3 is 19.1 Å². The molecule has 2 atom stereocenters. The summed E-state index contributed by atoms with van der Waals surface area (Å²) in [6, 6.07) is 20.1. The van der Waals surface area contributed by atoms with E-state index in [0.29, 0.717) is 29.6 Å². The van der Waals surface area contributed by atoms with Gasteiger partial charge in [0.25, 0.3) is 5.60 Å². The minimum atomic E-state index is -1.64. The Hall–Kier alpha value is -3.19. The first-order valence-corrected chi connectivity index (χ1v) is 21.1. The Kier molecular flexibility index (Phi) is 16.1. The quantitative estimate of drug-likeness (QED) is 0.0661. The van der Waals surface area contributed by atoms with Gasteiger partial charge in [0.1, 0.15) is 6.10 Å².